The van der Waals surface area contributed by atoms with E-state index in [4.69, 9.17) is 11.6 Å². The molecule has 0 aliphatic carbocycles. The fraction of sp³-hybridized carbons (Fsp3) is 0.167. The van der Waals surface area contributed by atoms with Gasteiger partial charge in [-0.05, 0) is 18.6 Å². The van der Waals surface area contributed by atoms with Gasteiger partial charge < -0.3 is 0 Å². The molecule has 2 rings (SSSR count). The molecule has 0 aliphatic heterocycles. The highest BCUT2D eigenvalue weighted by atomic mass is 35.5. The standard InChI is InChI=1S/C12H11ClN2O/c1-8-2-4-9(5-3-8)6-10-7-11(13)12(16)15-14-10/h2-5,7H,6H2,1H3,(H,15,16). The summed E-state index contributed by atoms with van der Waals surface area (Å²) in [7, 11) is 0. The van der Waals surface area contributed by atoms with Crippen molar-refractivity contribution in [3.05, 3.63) is 62.5 Å². The zero-order valence-electron chi connectivity index (χ0n) is 8.83. The van der Waals surface area contributed by atoms with Gasteiger partial charge in [-0.25, -0.2) is 5.10 Å². The van der Waals surface area contributed by atoms with Crippen LogP contribution in [-0.2, 0) is 6.42 Å². The minimum atomic E-state index is -0.352. The van der Waals surface area contributed by atoms with Crippen molar-refractivity contribution >= 4 is 11.6 Å². The van der Waals surface area contributed by atoms with E-state index in [1.165, 1.54) is 5.56 Å². The van der Waals surface area contributed by atoms with Crippen molar-refractivity contribution < 1.29 is 0 Å². The van der Waals surface area contributed by atoms with E-state index in [9.17, 15) is 4.79 Å². The van der Waals surface area contributed by atoms with Crippen molar-refractivity contribution in [2.45, 2.75) is 13.3 Å². The van der Waals surface area contributed by atoms with Crippen LogP contribution >= 0.6 is 11.6 Å². The van der Waals surface area contributed by atoms with Crippen molar-refractivity contribution in [3.8, 4) is 0 Å². The number of hydrogen-bond donors (Lipinski definition) is 1. The number of hydrogen-bond acceptors (Lipinski definition) is 2. The Labute approximate surface area is 98.1 Å². The number of aryl methyl sites for hydroxylation is 1. The molecule has 16 heavy (non-hydrogen) atoms. The second-order valence-corrected chi connectivity index (χ2v) is 4.11. The largest absolute Gasteiger partial charge is 0.282 e. The first kappa shape index (κ1) is 10.9. The zero-order valence-corrected chi connectivity index (χ0v) is 9.58. The summed E-state index contributed by atoms with van der Waals surface area (Å²) < 4.78 is 0. The van der Waals surface area contributed by atoms with Crippen LogP contribution in [0.4, 0.5) is 0 Å². The zero-order chi connectivity index (χ0) is 11.5. The van der Waals surface area contributed by atoms with Crippen LogP contribution in [0.3, 0.4) is 0 Å². The van der Waals surface area contributed by atoms with E-state index >= 15 is 0 Å². The Morgan fingerprint density at radius 2 is 2.00 bits per heavy atom. The van der Waals surface area contributed by atoms with Gasteiger partial charge in [0.2, 0.25) is 0 Å². The van der Waals surface area contributed by atoms with Crippen LogP contribution in [0.2, 0.25) is 5.02 Å². The van der Waals surface area contributed by atoms with Crippen molar-refractivity contribution in [2.75, 3.05) is 0 Å². The lowest BCUT2D eigenvalue weighted by atomic mass is 10.1. The van der Waals surface area contributed by atoms with Crippen LogP contribution in [0, 0.1) is 6.92 Å². The maximum atomic E-state index is 11.0. The third-order valence-electron chi connectivity index (χ3n) is 2.32. The number of rotatable bonds is 2. The average Bonchev–Trinajstić information content (AvgIpc) is 2.27. The molecule has 0 fully saturated rings. The Bertz CT molecular complexity index is 546. The number of nitrogens with zero attached hydrogens (tertiary/aromatic N) is 1. The number of aromatic amines is 1. The lowest BCUT2D eigenvalue weighted by molar-refractivity contribution is 0.910. The predicted molar refractivity (Wildman–Crippen MR) is 63.9 cm³/mol. The molecule has 0 amide bonds. The Hall–Kier alpha value is -1.61. The lowest BCUT2D eigenvalue weighted by Crippen LogP contribution is -2.10. The molecule has 0 atom stereocenters. The molecular weight excluding hydrogens is 224 g/mol. The van der Waals surface area contributed by atoms with Crippen LogP contribution in [0.1, 0.15) is 16.8 Å². The third-order valence-corrected chi connectivity index (χ3v) is 2.60. The minimum absolute atomic E-state index is 0.178. The molecule has 0 aliphatic rings. The smallest absolute Gasteiger partial charge is 0.266 e. The highest BCUT2D eigenvalue weighted by molar-refractivity contribution is 6.30. The number of nitrogens with one attached hydrogen (secondary N) is 1. The summed E-state index contributed by atoms with van der Waals surface area (Å²) in [6.07, 6.45) is 0.663. The summed E-state index contributed by atoms with van der Waals surface area (Å²) in [6.45, 7) is 2.04. The number of benzene rings is 1. The topological polar surface area (TPSA) is 45.8 Å². The first-order chi connectivity index (χ1) is 7.65. The molecule has 0 radical (unpaired) electrons. The molecule has 3 nitrogen and oxygen atoms in total. The van der Waals surface area contributed by atoms with Gasteiger partial charge in [0.25, 0.3) is 5.56 Å². The van der Waals surface area contributed by atoms with Crippen LogP contribution in [0.15, 0.2) is 35.1 Å². The van der Waals surface area contributed by atoms with E-state index in [-0.39, 0.29) is 10.6 Å². The molecule has 0 bridgehead atoms. The van der Waals surface area contributed by atoms with Crippen molar-refractivity contribution in [1.29, 1.82) is 0 Å². The van der Waals surface area contributed by atoms with Crippen LogP contribution < -0.4 is 5.56 Å². The van der Waals surface area contributed by atoms with Crippen LogP contribution in [0.25, 0.3) is 0 Å². The summed E-state index contributed by atoms with van der Waals surface area (Å²) in [4.78, 5) is 11.0. The fourth-order valence-electron chi connectivity index (χ4n) is 1.43. The second-order valence-electron chi connectivity index (χ2n) is 3.70. The van der Waals surface area contributed by atoms with Gasteiger partial charge in [0, 0.05) is 6.42 Å². The summed E-state index contributed by atoms with van der Waals surface area (Å²) in [5.74, 6) is 0. The van der Waals surface area contributed by atoms with Crippen LogP contribution in [-0.4, -0.2) is 10.2 Å². The summed E-state index contributed by atoms with van der Waals surface area (Å²) in [6, 6.07) is 9.76. The van der Waals surface area contributed by atoms with E-state index in [1.54, 1.807) is 6.07 Å². The number of H-pyrrole nitrogens is 1. The van der Waals surface area contributed by atoms with Gasteiger partial charge in [-0.2, -0.15) is 5.10 Å². The van der Waals surface area contributed by atoms with Crippen LogP contribution in [0.5, 0.6) is 0 Å². The van der Waals surface area contributed by atoms with E-state index in [1.807, 2.05) is 31.2 Å². The summed E-state index contributed by atoms with van der Waals surface area (Å²) in [5, 5.41) is 6.48. The molecule has 4 heteroatoms. The first-order valence-corrected chi connectivity index (χ1v) is 5.32. The molecule has 2 aromatic rings. The summed E-state index contributed by atoms with van der Waals surface area (Å²) >= 11 is 5.72. The quantitative estimate of drug-likeness (QED) is 0.867. The maximum absolute atomic E-state index is 11.0. The van der Waals surface area contributed by atoms with Gasteiger partial charge in [-0.3, -0.25) is 4.79 Å². The van der Waals surface area contributed by atoms with Gasteiger partial charge in [-0.1, -0.05) is 41.4 Å². The first-order valence-electron chi connectivity index (χ1n) is 4.95. The molecule has 1 N–H and O–H groups in total. The Morgan fingerprint density at radius 1 is 1.31 bits per heavy atom. The molecule has 0 spiro atoms. The molecule has 1 aromatic carbocycles. The SMILES string of the molecule is Cc1ccc(Cc2cc(Cl)c(=O)[nH]n2)cc1. The predicted octanol–water partition coefficient (Wildman–Crippen LogP) is 2.32. The normalized spacial score (nSPS) is 10.4. The number of aromatic nitrogens is 2. The summed E-state index contributed by atoms with van der Waals surface area (Å²) in [5.41, 5.74) is 2.76. The monoisotopic (exact) mass is 234 g/mol. The molecular formula is C12H11ClN2O. The molecule has 0 unspecified atom stereocenters. The maximum Gasteiger partial charge on any atom is 0.282 e. The third kappa shape index (κ3) is 2.49. The van der Waals surface area contributed by atoms with E-state index < -0.39 is 0 Å². The fourth-order valence-corrected chi connectivity index (χ4v) is 1.59. The van der Waals surface area contributed by atoms with Gasteiger partial charge >= 0.3 is 0 Å². The average molecular weight is 235 g/mol. The molecule has 1 heterocycles. The van der Waals surface area contributed by atoms with Gasteiger partial charge in [0.1, 0.15) is 5.02 Å². The second kappa shape index (κ2) is 4.49. The molecule has 0 saturated carbocycles. The van der Waals surface area contributed by atoms with E-state index in [0.717, 1.165) is 11.3 Å². The van der Waals surface area contributed by atoms with E-state index in [0.29, 0.717) is 6.42 Å². The van der Waals surface area contributed by atoms with Gasteiger partial charge in [0.15, 0.2) is 0 Å². The lowest BCUT2D eigenvalue weighted by Gasteiger charge is -2.01. The Morgan fingerprint density at radius 3 is 2.62 bits per heavy atom. The molecule has 0 saturated heterocycles. The van der Waals surface area contributed by atoms with Gasteiger partial charge in [-0.15, -0.1) is 0 Å². The highest BCUT2D eigenvalue weighted by Gasteiger charge is 2.01. The Balaban J connectivity index is 2.23. The highest BCUT2D eigenvalue weighted by Crippen LogP contribution is 2.09. The number of halogens is 1. The van der Waals surface area contributed by atoms with Crippen molar-refractivity contribution in [2.24, 2.45) is 0 Å². The Kier molecular flexibility index (Phi) is 3.06. The van der Waals surface area contributed by atoms with Crippen molar-refractivity contribution in [1.82, 2.24) is 10.2 Å². The van der Waals surface area contributed by atoms with Gasteiger partial charge in [0.05, 0.1) is 5.69 Å². The molecule has 1 aromatic heterocycles. The minimum Gasteiger partial charge on any atom is -0.266 e. The molecule has 82 valence electrons. The van der Waals surface area contributed by atoms with Crippen molar-refractivity contribution in [3.63, 3.8) is 0 Å². The van der Waals surface area contributed by atoms with E-state index in [2.05, 4.69) is 10.2 Å².